The van der Waals surface area contributed by atoms with Gasteiger partial charge in [0.1, 0.15) is 5.25 Å². The second kappa shape index (κ2) is 8.64. The molecule has 3 nitrogen and oxygen atoms in total. The quantitative estimate of drug-likeness (QED) is 0.803. The Hall–Kier alpha value is -1.92. The van der Waals surface area contributed by atoms with Crippen molar-refractivity contribution < 1.29 is 13.6 Å². The lowest BCUT2D eigenvalue weighted by Crippen LogP contribution is -2.41. The van der Waals surface area contributed by atoms with Gasteiger partial charge in [-0.15, -0.1) is 11.8 Å². The Morgan fingerprint density at radius 1 is 1.12 bits per heavy atom. The summed E-state index contributed by atoms with van der Waals surface area (Å²) in [6, 6.07) is 13.2. The largest absolute Gasteiger partial charge is 0.341 e. The number of likely N-dealkylation sites (tertiary alicyclic amines) is 1. The van der Waals surface area contributed by atoms with Gasteiger partial charge in [0.25, 0.3) is 0 Å². The fraction of sp³-hybridized carbons (Fsp3) is 0.350. The van der Waals surface area contributed by atoms with Gasteiger partial charge in [-0.3, -0.25) is 4.79 Å². The van der Waals surface area contributed by atoms with Crippen molar-refractivity contribution in [1.82, 2.24) is 4.90 Å². The van der Waals surface area contributed by atoms with E-state index in [1.807, 2.05) is 35.2 Å². The highest BCUT2D eigenvalue weighted by molar-refractivity contribution is 8.00. The highest BCUT2D eigenvalue weighted by Crippen LogP contribution is 2.38. The van der Waals surface area contributed by atoms with Gasteiger partial charge in [0.2, 0.25) is 5.91 Å². The van der Waals surface area contributed by atoms with E-state index in [9.17, 15) is 13.6 Å². The predicted octanol–water partition coefficient (Wildman–Crippen LogP) is 4.00. The molecule has 1 heterocycles. The van der Waals surface area contributed by atoms with Crippen LogP contribution in [0.3, 0.4) is 0 Å². The van der Waals surface area contributed by atoms with Crippen LogP contribution in [0.15, 0.2) is 53.4 Å². The van der Waals surface area contributed by atoms with Gasteiger partial charge < -0.3 is 10.6 Å². The second-order valence-corrected chi connectivity index (χ2v) is 7.67. The molecule has 0 aliphatic carbocycles. The molecule has 1 amide bonds. The van der Waals surface area contributed by atoms with E-state index in [1.54, 1.807) is 0 Å². The smallest absolute Gasteiger partial charge is 0.240 e. The molecule has 138 valence electrons. The van der Waals surface area contributed by atoms with Crippen molar-refractivity contribution >= 4 is 17.7 Å². The first-order valence-corrected chi connectivity index (χ1v) is 9.62. The molecule has 0 radical (unpaired) electrons. The minimum absolute atomic E-state index is 0.00130. The lowest BCUT2D eigenvalue weighted by Gasteiger charge is -2.33. The van der Waals surface area contributed by atoms with E-state index in [4.69, 9.17) is 5.73 Å². The molecule has 2 aromatic carbocycles. The average molecular weight is 376 g/mol. The van der Waals surface area contributed by atoms with E-state index >= 15 is 0 Å². The van der Waals surface area contributed by atoms with Crippen molar-refractivity contribution in [3.63, 3.8) is 0 Å². The average Bonchev–Trinajstić information content (AvgIpc) is 2.69. The molecular formula is C20H22F2N2OS. The third-order valence-electron chi connectivity index (χ3n) is 4.73. The lowest BCUT2D eigenvalue weighted by atomic mass is 9.96. The van der Waals surface area contributed by atoms with Crippen molar-refractivity contribution in [2.45, 2.75) is 23.0 Å². The summed E-state index contributed by atoms with van der Waals surface area (Å²) in [7, 11) is 0. The molecule has 0 aromatic heterocycles. The summed E-state index contributed by atoms with van der Waals surface area (Å²) < 4.78 is 26.8. The summed E-state index contributed by atoms with van der Waals surface area (Å²) in [4.78, 5) is 15.5. The number of thioether (sulfide) groups is 1. The summed E-state index contributed by atoms with van der Waals surface area (Å²) in [5.41, 5.74) is 6.59. The fourth-order valence-electron chi connectivity index (χ4n) is 3.13. The molecule has 1 atom stereocenters. The third kappa shape index (κ3) is 4.43. The molecule has 6 heteroatoms. The Kier molecular flexibility index (Phi) is 6.27. The summed E-state index contributed by atoms with van der Waals surface area (Å²) in [5.74, 6) is -1.33. The molecule has 1 aliphatic rings. The van der Waals surface area contributed by atoms with Crippen LogP contribution in [0.4, 0.5) is 8.78 Å². The number of nitrogens with two attached hydrogens (primary N) is 1. The Labute approximate surface area is 156 Å². The number of hydrogen-bond donors (Lipinski definition) is 1. The van der Waals surface area contributed by atoms with Crippen LogP contribution in [0, 0.1) is 17.6 Å². The molecular weight excluding hydrogens is 354 g/mol. The minimum atomic E-state index is -0.905. The third-order valence-corrected chi connectivity index (χ3v) is 5.97. The van der Waals surface area contributed by atoms with Crippen molar-refractivity contribution in [3.8, 4) is 0 Å². The highest BCUT2D eigenvalue weighted by Gasteiger charge is 2.30. The van der Waals surface area contributed by atoms with Gasteiger partial charge in [0.05, 0.1) is 0 Å². The number of amides is 1. The first-order valence-electron chi connectivity index (χ1n) is 8.74. The van der Waals surface area contributed by atoms with Gasteiger partial charge in [-0.1, -0.05) is 30.3 Å². The number of rotatable bonds is 5. The van der Waals surface area contributed by atoms with Crippen molar-refractivity contribution in [2.75, 3.05) is 19.6 Å². The van der Waals surface area contributed by atoms with Gasteiger partial charge >= 0.3 is 0 Å². The van der Waals surface area contributed by atoms with Crippen LogP contribution in [-0.4, -0.2) is 30.4 Å². The molecule has 2 aromatic rings. The van der Waals surface area contributed by atoms with Gasteiger partial charge in [0.15, 0.2) is 11.6 Å². The van der Waals surface area contributed by atoms with Crippen LogP contribution < -0.4 is 5.73 Å². The van der Waals surface area contributed by atoms with Crippen molar-refractivity contribution in [2.24, 2.45) is 11.7 Å². The molecule has 0 bridgehead atoms. The monoisotopic (exact) mass is 376 g/mol. The van der Waals surface area contributed by atoms with E-state index in [0.29, 0.717) is 30.4 Å². The molecule has 3 rings (SSSR count). The Balaban J connectivity index is 1.81. The maximum atomic E-state index is 13.6. The molecule has 26 heavy (non-hydrogen) atoms. The van der Waals surface area contributed by atoms with E-state index in [0.717, 1.165) is 30.5 Å². The SMILES string of the molecule is NCC1CCN(C(=O)C(Sc2ccc(F)c(F)c2)c2ccccc2)CC1. The first kappa shape index (κ1) is 18.9. The van der Waals surface area contributed by atoms with Gasteiger partial charge in [-0.05, 0) is 49.1 Å². The van der Waals surface area contributed by atoms with Crippen LogP contribution in [0.1, 0.15) is 23.7 Å². The van der Waals surface area contributed by atoms with E-state index in [1.165, 1.54) is 17.8 Å². The topological polar surface area (TPSA) is 46.3 Å². The standard InChI is InChI=1S/C20H22F2N2OS/c21-17-7-6-16(12-18(17)22)26-19(15-4-2-1-3-5-15)20(25)24-10-8-14(13-23)9-11-24/h1-7,12,14,19H,8-11,13,23H2. The van der Waals surface area contributed by atoms with Gasteiger partial charge in [-0.25, -0.2) is 8.78 Å². The van der Waals surface area contributed by atoms with Crippen LogP contribution in [0.25, 0.3) is 0 Å². The highest BCUT2D eigenvalue weighted by atomic mass is 32.2. The number of benzene rings is 2. The maximum absolute atomic E-state index is 13.6. The number of hydrogen-bond acceptors (Lipinski definition) is 3. The van der Waals surface area contributed by atoms with Crippen LogP contribution in [-0.2, 0) is 4.79 Å². The van der Waals surface area contributed by atoms with E-state index in [-0.39, 0.29) is 5.91 Å². The normalized spacial score (nSPS) is 16.5. The molecule has 1 aliphatic heterocycles. The summed E-state index contributed by atoms with van der Waals surface area (Å²) >= 11 is 1.25. The zero-order valence-electron chi connectivity index (χ0n) is 14.4. The summed E-state index contributed by atoms with van der Waals surface area (Å²) in [5, 5.41) is -0.490. The number of carbonyl (C=O) groups is 1. The number of carbonyl (C=O) groups excluding carboxylic acids is 1. The zero-order valence-corrected chi connectivity index (χ0v) is 15.2. The predicted molar refractivity (Wildman–Crippen MR) is 99.8 cm³/mol. The van der Waals surface area contributed by atoms with Crippen LogP contribution in [0.2, 0.25) is 0 Å². The van der Waals surface area contributed by atoms with Crippen molar-refractivity contribution in [1.29, 1.82) is 0 Å². The maximum Gasteiger partial charge on any atom is 0.240 e. The molecule has 0 spiro atoms. The Morgan fingerprint density at radius 2 is 1.81 bits per heavy atom. The van der Waals surface area contributed by atoms with Crippen molar-refractivity contribution in [3.05, 3.63) is 65.7 Å². The molecule has 1 unspecified atom stereocenters. The second-order valence-electron chi connectivity index (χ2n) is 6.49. The zero-order chi connectivity index (χ0) is 18.5. The van der Waals surface area contributed by atoms with Gasteiger partial charge in [-0.2, -0.15) is 0 Å². The fourth-order valence-corrected chi connectivity index (χ4v) is 4.26. The number of nitrogens with zero attached hydrogens (tertiary/aromatic N) is 1. The summed E-state index contributed by atoms with van der Waals surface area (Å²) in [6.45, 7) is 2.01. The number of piperidine rings is 1. The summed E-state index contributed by atoms with van der Waals surface area (Å²) in [6.07, 6.45) is 1.80. The van der Waals surface area contributed by atoms with Crippen LogP contribution in [0.5, 0.6) is 0 Å². The molecule has 1 fully saturated rings. The molecule has 0 saturated carbocycles. The van der Waals surface area contributed by atoms with E-state index in [2.05, 4.69) is 0 Å². The molecule has 1 saturated heterocycles. The minimum Gasteiger partial charge on any atom is -0.341 e. The van der Waals surface area contributed by atoms with Crippen LogP contribution >= 0.6 is 11.8 Å². The lowest BCUT2D eigenvalue weighted by molar-refractivity contribution is -0.132. The number of halogens is 2. The molecule has 2 N–H and O–H groups in total. The first-order chi connectivity index (χ1) is 12.6. The van der Waals surface area contributed by atoms with E-state index < -0.39 is 16.9 Å². The Morgan fingerprint density at radius 3 is 2.42 bits per heavy atom. The Bertz CT molecular complexity index is 749. The van der Waals surface area contributed by atoms with Gasteiger partial charge in [0, 0.05) is 18.0 Å².